The molecule has 0 amide bonds. The first-order chi connectivity index (χ1) is 10.0. The van der Waals surface area contributed by atoms with Crippen molar-refractivity contribution < 1.29 is 14.3 Å². The van der Waals surface area contributed by atoms with Crippen molar-refractivity contribution in [1.29, 1.82) is 0 Å². The van der Waals surface area contributed by atoms with Crippen molar-refractivity contribution in [2.75, 3.05) is 6.54 Å². The van der Waals surface area contributed by atoms with Gasteiger partial charge in [0, 0.05) is 0 Å². The van der Waals surface area contributed by atoms with Crippen LogP contribution in [0.15, 0.2) is 36.7 Å². The standard InChI is InChI=1S/C16H19FN2O2/c1-12(18)19(20)10-2-3-15-8-9-16(21-15)11-13-4-6-14(17)7-5-13/h4-7,15-16,20H,1,8-11,18H2/t15-,16-/m0/s1. The summed E-state index contributed by atoms with van der Waals surface area (Å²) in [6.07, 6.45) is 2.50. The smallest absolute Gasteiger partial charge is 0.123 e. The van der Waals surface area contributed by atoms with E-state index in [0.717, 1.165) is 29.9 Å². The molecule has 2 rings (SSSR count). The number of nitrogens with two attached hydrogens (primary N) is 1. The molecule has 1 fully saturated rings. The molecule has 0 saturated carbocycles. The summed E-state index contributed by atoms with van der Waals surface area (Å²) in [5.41, 5.74) is 6.36. The molecule has 0 spiro atoms. The second-order valence-corrected chi connectivity index (χ2v) is 5.02. The Morgan fingerprint density at radius 1 is 1.43 bits per heavy atom. The maximum atomic E-state index is 12.8. The van der Waals surface area contributed by atoms with Crippen LogP contribution in [0.4, 0.5) is 4.39 Å². The van der Waals surface area contributed by atoms with Gasteiger partial charge in [-0.1, -0.05) is 30.6 Å². The summed E-state index contributed by atoms with van der Waals surface area (Å²) in [5.74, 6) is 5.60. The Labute approximate surface area is 124 Å². The molecule has 0 aliphatic carbocycles. The molecule has 1 saturated heterocycles. The van der Waals surface area contributed by atoms with Crippen molar-refractivity contribution in [1.82, 2.24) is 5.06 Å². The van der Waals surface area contributed by atoms with E-state index >= 15 is 0 Å². The van der Waals surface area contributed by atoms with Crippen LogP contribution < -0.4 is 5.73 Å². The highest BCUT2D eigenvalue weighted by Gasteiger charge is 2.23. The lowest BCUT2D eigenvalue weighted by Crippen LogP contribution is -2.23. The van der Waals surface area contributed by atoms with Gasteiger partial charge in [-0.2, -0.15) is 0 Å². The normalized spacial score (nSPS) is 20.7. The quantitative estimate of drug-likeness (QED) is 0.658. The van der Waals surface area contributed by atoms with E-state index in [0.29, 0.717) is 0 Å². The van der Waals surface area contributed by atoms with Crippen molar-refractivity contribution in [3.63, 3.8) is 0 Å². The summed E-state index contributed by atoms with van der Waals surface area (Å²) in [6.45, 7) is 3.51. The largest absolute Gasteiger partial charge is 0.384 e. The summed E-state index contributed by atoms with van der Waals surface area (Å²) in [4.78, 5) is 0. The first-order valence-corrected chi connectivity index (χ1v) is 6.83. The van der Waals surface area contributed by atoms with Gasteiger partial charge in [-0.25, -0.2) is 9.45 Å². The van der Waals surface area contributed by atoms with Crippen molar-refractivity contribution in [3.8, 4) is 11.8 Å². The maximum absolute atomic E-state index is 12.8. The third-order valence-electron chi connectivity index (χ3n) is 3.31. The zero-order valence-corrected chi connectivity index (χ0v) is 11.8. The number of hydrogen-bond donors (Lipinski definition) is 2. The molecule has 1 aliphatic rings. The molecule has 21 heavy (non-hydrogen) atoms. The predicted octanol–water partition coefficient (Wildman–Crippen LogP) is 2.04. The molecule has 0 radical (unpaired) electrons. The van der Waals surface area contributed by atoms with Crippen LogP contribution in [0.5, 0.6) is 0 Å². The minimum Gasteiger partial charge on any atom is -0.384 e. The van der Waals surface area contributed by atoms with Crippen LogP contribution in [0.3, 0.4) is 0 Å². The number of rotatable bonds is 4. The molecule has 2 atom stereocenters. The zero-order chi connectivity index (χ0) is 15.2. The molecule has 1 aliphatic heterocycles. The highest BCUT2D eigenvalue weighted by atomic mass is 19.1. The fourth-order valence-corrected chi connectivity index (χ4v) is 2.18. The first-order valence-electron chi connectivity index (χ1n) is 6.83. The van der Waals surface area contributed by atoms with Crippen LogP contribution in [0.2, 0.25) is 0 Å². The summed E-state index contributed by atoms with van der Waals surface area (Å²) < 4.78 is 18.7. The van der Waals surface area contributed by atoms with Crippen molar-refractivity contribution >= 4 is 0 Å². The molecular formula is C16H19FN2O2. The molecule has 0 unspecified atom stereocenters. The molecular weight excluding hydrogens is 271 g/mol. The van der Waals surface area contributed by atoms with Gasteiger partial charge in [-0.05, 0) is 37.0 Å². The van der Waals surface area contributed by atoms with Crippen LogP contribution in [0.25, 0.3) is 0 Å². The maximum Gasteiger partial charge on any atom is 0.123 e. The van der Waals surface area contributed by atoms with Gasteiger partial charge in [-0.3, -0.25) is 5.21 Å². The third kappa shape index (κ3) is 4.78. The molecule has 0 bridgehead atoms. The Balaban J connectivity index is 1.79. The lowest BCUT2D eigenvalue weighted by Gasteiger charge is -2.12. The summed E-state index contributed by atoms with van der Waals surface area (Å²) in [7, 11) is 0. The van der Waals surface area contributed by atoms with E-state index in [2.05, 4.69) is 18.4 Å². The average Bonchev–Trinajstić information content (AvgIpc) is 2.89. The van der Waals surface area contributed by atoms with Crippen molar-refractivity contribution in [3.05, 3.63) is 48.0 Å². The summed E-state index contributed by atoms with van der Waals surface area (Å²) in [6, 6.07) is 6.45. The van der Waals surface area contributed by atoms with Gasteiger partial charge in [-0.15, -0.1) is 0 Å². The van der Waals surface area contributed by atoms with E-state index in [-0.39, 0.29) is 30.4 Å². The molecule has 5 heteroatoms. The molecule has 3 N–H and O–H groups in total. The fraction of sp³-hybridized carbons (Fsp3) is 0.375. The van der Waals surface area contributed by atoms with Gasteiger partial charge in [0.1, 0.15) is 24.3 Å². The van der Waals surface area contributed by atoms with Gasteiger partial charge >= 0.3 is 0 Å². The summed E-state index contributed by atoms with van der Waals surface area (Å²) >= 11 is 0. The number of halogens is 1. The van der Waals surface area contributed by atoms with Gasteiger partial charge in [0.15, 0.2) is 0 Å². The van der Waals surface area contributed by atoms with Gasteiger partial charge < -0.3 is 10.5 Å². The van der Waals surface area contributed by atoms with Crippen LogP contribution >= 0.6 is 0 Å². The van der Waals surface area contributed by atoms with Gasteiger partial charge in [0.05, 0.1) is 6.10 Å². The van der Waals surface area contributed by atoms with Crippen LogP contribution in [0, 0.1) is 17.7 Å². The third-order valence-corrected chi connectivity index (χ3v) is 3.31. The molecule has 112 valence electrons. The Hall–Kier alpha value is -2.03. The lowest BCUT2D eigenvalue weighted by molar-refractivity contribution is -0.0430. The topological polar surface area (TPSA) is 58.7 Å². The molecule has 4 nitrogen and oxygen atoms in total. The number of ether oxygens (including phenoxy) is 1. The van der Waals surface area contributed by atoms with E-state index in [9.17, 15) is 9.60 Å². The summed E-state index contributed by atoms with van der Waals surface area (Å²) in [5, 5.41) is 10.1. The van der Waals surface area contributed by atoms with E-state index < -0.39 is 0 Å². The van der Waals surface area contributed by atoms with Crippen LogP contribution in [-0.2, 0) is 11.2 Å². The van der Waals surface area contributed by atoms with Crippen molar-refractivity contribution in [2.24, 2.45) is 5.73 Å². The van der Waals surface area contributed by atoms with E-state index in [1.165, 1.54) is 12.1 Å². The molecule has 1 aromatic carbocycles. The second kappa shape index (κ2) is 7.11. The highest BCUT2D eigenvalue weighted by Crippen LogP contribution is 2.22. The minimum atomic E-state index is -0.232. The minimum absolute atomic E-state index is 0.0610. The molecule has 1 heterocycles. The molecule has 0 aromatic heterocycles. The van der Waals surface area contributed by atoms with Gasteiger partial charge in [0.2, 0.25) is 0 Å². The Bertz CT molecular complexity index is 548. The number of hydrogen-bond acceptors (Lipinski definition) is 4. The van der Waals surface area contributed by atoms with Gasteiger partial charge in [0.25, 0.3) is 0 Å². The van der Waals surface area contributed by atoms with Crippen molar-refractivity contribution in [2.45, 2.75) is 31.5 Å². The number of hydroxylamine groups is 2. The van der Waals surface area contributed by atoms with Crippen LogP contribution in [-0.4, -0.2) is 29.0 Å². The van der Waals surface area contributed by atoms with Crippen LogP contribution in [0.1, 0.15) is 18.4 Å². The average molecular weight is 290 g/mol. The van der Waals surface area contributed by atoms with E-state index in [1.807, 2.05) is 0 Å². The number of nitrogens with zero attached hydrogens (tertiary/aromatic N) is 1. The predicted molar refractivity (Wildman–Crippen MR) is 77.6 cm³/mol. The SMILES string of the molecule is C=C(N)N(O)CC#C[C@H]1CC[C@@H](Cc2ccc(F)cc2)O1. The second-order valence-electron chi connectivity index (χ2n) is 5.02. The lowest BCUT2D eigenvalue weighted by atomic mass is 10.1. The zero-order valence-electron chi connectivity index (χ0n) is 11.8. The number of benzene rings is 1. The monoisotopic (exact) mass is 290 g/mol. The highest BCUT2D eigenvalue weighted by molar-refractivity contribution is 5.17. The molecule has 1 aromatic rings. The Kier molecular flexibility index (Phi) is 5.20. The fourth-order valence-electron chi connectivity index (χ4n) is 2.18. The van der Waals surface area contributed by atoms with E-state index in [1.54, 1.807) is 12.1 Å². The van der Waals surface area contributed by atoms with E-state index in [4.69, 9.17) is 10.5 Å². The Morgan fingerprint density at radius 3 is 2.81 bits per heavy atom. The Morgan fingerprint density at radius 2 is 2.14 bits per heavy atom. The first kappa shape index (κ1) is 15.4.